The molecule has 1 aliphatic carbocycles. The Labute approximate surface area is 115 Å². The van der Waals surface area contributed by atoms with E-state index in [9.17, 15) is 9.90 Å². The lowest BCUT2D eigenvalue weighted by Gasteiger charge is -2.25. The fraction of sp³-hybridized carbons (Fsp3) is 0.667. The Balaban J connectivity index is 2.24. The highest BCUT2D eigenvalue weighted by molar-refractivity contribution is 5.89. The van der Waals surface area contributed by atoms with Gasteiger partial charge in [0.15, 0.2) is 0 Å². The Morgan fingerprint density at radius 1 is 1.37 bits per heavy atom. The third kappa shape index (κ3) is 3.38. The molecule has 0 atom stereocenters. The van der Waals surface area contributed by atoms with Crippen LogP contribution in [0.25, 0.3) is 0 Å². The van der Waals surface area contributed by atoms with Crippen molar-refractivity contribution >= 4 is 5.97 Å². The van der Waals surface area contributed by atoms with Crippen LogP contribution in [0.4, 0.5) is 0 Å². The molecule has 0 bridgehead atoms. The predicted molar refractivity (Wildman–Crippen MR) is 75.8 cm³/mol. The number of aromatic nitrogens is 1. The topological polar surface area (TPSA) is 45.5 Å². The average molecular weight is 264 g/mol. The van der Waals surface area contributed by atoms with Crippen molar-refractivity contribution < 1.29 is 9.90 Å². The van der Waals surface area contributed by atoms with Gasteiger partial charge in [-0.15, -0.1) is 0 Å². The molecule has 1 aromatic heterocycles. The summed E-state index contributed by atoms with van der Waals surface area (Å²) in [4.78, 5) is 13.5. The number of likely N-dealkylation sites (N-methyl/N-ethyl adjacent to an activating group) is 1. The molecule has 0 unspecified atom stereocenters. The van der Waals surface area contributed by atoms with E-state index >= 15 is 0 Å². The number of hydrogen-bond acceptors (Lipinski definition) is 2. The van der Waals surface area contributed by atoms with Crippen molar-refractivity contribution in [3.05, 3.63) is 23.5 Å². The first-order chi connectivity index (χ1) is 9.09. The lowest BCUT2D eigenvalue weighted by atomic mass is 9.85. The highest BCUT2D eigenvalue weighted by Gasteiger charge is 2.24. The van der Waals surface area contributed by atoms with Crippen molar-refractivity contribution in [2.75, 3.05) is 20.6 Å². The van der Waals surface area contributed by atoms with Gasteiger partial charge in [0.1, 0.15) is 0 Å². The molecule has 106 valence electrons. The average Bonchev–Trinajstić information content (AvgIpc) is 2.81. The van der Waals surface area contributed by atoms with Crippen LogP contribution >= 0.6 is 0 Å². The van der Waals surface area contributed by atoms with Crippen LogP contribution in [0, 0.1) is 0 Å². The van der Waals surface area contributed by atoms with Gasteiger partial charge in [-0.2, -0.15) is 0 Å². The van der Waals surface area contributed by atoms with Crippen molar-refractivity contribution in [1.29, 1.82) is 0 Å². The highest BCUT2D eigenvalue weighted by atomic mass is 16.4. The summed E-state index contributed by atoms with van der Waals surface area (Å²) in [5.41, 5.74) is 1.56. The number of carbonyl (C=O) groups is 1. The van der Waals surface area contributed by atoms with Gasteiger partial charge in [-0.05, 0) is 33.0 Å². The zero-order valence-electron chi connectivity index (χ0n) is 11.9. The maximum absolute atomic E-state index is 11.4. The minimum Gasteiger partial charge on any atom is -0.478 e. The van der Waals surface area contributed by atoms with E-state index in [-0.39, 0.29) is 0 Å². The number of carboxylic acid groups (broad SMARTS) is 1. The molecule has 0 amide bonds. The summed E-state index contributed by atoms with van der Waals surface area (Å²) in [6, 6.07) is 1.77. The molecule has 1 aliphatic rings. The third-order valence-corrected chi connectivity index (χ3v) is 4.02. The first-order valence-corrected chi connectivity index (χ1v) is 7.16. The van der Waals surface area contributed by atoms with Crippen molar-refractivity contribution in [2.45, 2.75) is 44.6 Å². The van der Waals surface area contributed by atoms with Gasteiger partial charge in [-0.3, -0.25) is 0 Å². The second-order valence-electron chi connectivity index (χ2n) is 5.75. The van der Waals surface area contributed by atoms with Gasteiger partial charge < -0.3 is 14.6 Å². The zero-order valence-corrected chi connectivity index (χ0v) is 11.9. The Morgan fingerprint density at radius 3 is 2.63 bits per heavy atom. The van der Waals surface area contributed by atoms with E-state index in [2.05, 4.69) is 9.47 Å². The maximum atomic E-state index is 11.4. The number of hydrogen-bond donors (Lipinski definition) is 1. The summed E-state index contributed by atoms with van der Waals surface area (Å²) in [6.07, 6.45) is 7.94. The molecule has 0 radical (unpaired) electrons. The van der Waals surface area contributed by atoms with Gasteiger partial charge in [0, 0.05) is 30.9 Å². The Hall–Kier alpha value is -1.29. The summed E-state index contributed by atoms with van der Waals surface area (Å²) in [7, 11) is 4.09. The van der Waals surface area contributed by atoms with E-state index < -0.39 is 5.97 Å². The second kappa shape index (κ2) is 6.24. The second-order valence-corrected chi connectivity index (χ2v) is 5.75. The van der Waals surface area contributed by atoms with Gasteiger partial charge in [-0.1, -0.05) is 19.3 Å². The molecular weight excluding hydrogens is 240 g/mol. The Bertz CT molecular complexity index is 431. The molecule has 0 spiro atoms. The zero-order chi connectivity index (χ0) is 13.8. The number of rotatable bonds is 5. The van der Waals surface area contributed by atoms with E-state index in [0.717, 1.165) is 31.6 Å². The van der Waals surface area contributed by atoms with Crippen LogP contribution in [0.5, 0.6) is 0 Å². The maximum Gasteiger partial charge on any atom is 0.337 e. The van der Waals surface area contributed by atoms with Gasteiger partial charge >= 0.3 is 5.97 Å². The summed E-state index contributed by atoms with van der Waals surface area (Å²) < 4.78 is 2.15. The minimum atomic E-state index is -0.788. The van der Waals surface area contributed by atoms with Gasteiger partial charge in [-0.25, -0.2) is 4.79 Å². The van der Waals surface area contributed by atoms with Crippen LogP contribution < -0.4 is 0 Å². The summed E-state index contributed by atoms with van der Waals surface area (Å²) in [5, 5.41) is 9.36. The van der Waals surface area contributed by atoms with Crippen molar-refractivity contribution in [3.63, 3.8) is 0 Å². The van der Waals surface area contributed by atoms with Gasteiger partial charge in [0.2, 0.25) is 0 Å². The lowest BCUT2D eigenvalue weighted by Crippen LogP contribution is -2.21. The molecule has 1 fully saturated rings. The first-order valence-electron chi connectivity index (χ1n) is 7.16. The van der Waals surface area contributed by atoms with Crippen LogP contribution in [0.15, 0.2) is 12.3 Å². The van der Waals surface area contributed by atoms with E-state index in [4.69, 9.17) is 0 Å². The van der Waals surface area contributed by atoms with Gasteiger partial charge in [0.05, 0.1) is 5.56 Å². The molecule has 0 saturated heterocycles. The fourth-order valence-corrected chi connectivity index (χ4v) is 3.00. The van der Waals surface area contributed by atoms with Crippen LogP contribution in [0.3, 0.4) is 0 Å². The Morgan fingerprint density at radius 2 is 2.05 bits per heavy atom. The minimum absolute atomic E-state index is 0.428. The molecule has 1 saturated carbocycles. The molecule has 4 heteroatoms. The number of nitrogens with zero attached hydrogens (tertiary/aromatic N) is 2. The van der Waals surface area contributed by atoms with Crippen LogP contribution in [0.2, 0.25) is 0 Å². The van der Waals surface area contributed by atoms with E-state index in [1.807, 2.05) is 20.3 Å². The monoisotopic (exact) mass is 264 g/mol. The largest absolute Gasteiger partial charge is 0.478 e. The normalized spacial score (nSPS) is 17.0. The van der Waals surface area contributed by atoms with E-state index in [0.29, 0.717) is 11.5 Å². The standard InChI is InChI=1S/C15H24N2O2/c1-16(2)10-11-17-9-8-13(15(18)19)14(17)12-6-4-3-5-7-12/h8-9,12H,3-7,10-11H2,1-2H3,(H,18,19). The van der Waals surface area contributed by atoms with Crippen LogP contribution in [-0.4, -0.2) is 41.2 Å². The Kier molecular flexibility index (Phi) is 4.64. The molecule has 0 aromatic carbocycles. The van der Waals surface area contributed by atoms with Crippen LogP contribution in [-0.2, 0) is 6.54 Å². The quantitative estimate of drug-likeness (QED) is 0.889. The molecule has 1 aromatic rings. The summed E-state index contributed by atoms with van der Waals surface area (Å²) >= 11 is 0. The first kappa shape index (κ1) is 14.1. The smallest absolute Gasteiger partial charge is 0.337 e. The molecule has 0 aliphatic heterocycles. The molecule has 2 rings (SSSR count). The third-order valence-electron chi connectivity index (χ3n) is 4.02. The molecular formula is C15H24N2O2. The highest BCUT2D eigenvalue weighted by Crippen LogP contribution is 2.35. The lowest BCUT2D eigenvalue weighted by molar-refractivity contribution is 0.0694. The molecule has 1 N–H and O–H groups in total. The van der Waals surface area contributed by atoms with E-state index in [1.165, 1.54) is 19.3 Å². The van der Waals surface area contributed by atoms with E-state index in [1.54, 1.807) is 6.07 Å². The van der Waals surface area contributed by atoms with Crippen LogP contribution in [0.1, 0.15) is 54.1 Å². The molecule has 19 heavy (non-hydrogen) atoms. The molecule has 1 heterocycles. The fourth-order valence-electron chi connectivity index (χ4n) is 3.00. The predicted octanol–water partition coefficient (Wildman–Crippen LogP) is 2.80. The summed E-state index contributed by atoms with van der Waals surface area (Å²) in [6.45, 7) is 1.81. The van der Waals surface area contributed by atoms with Crippen molar-refractivity contribution in [3.8, 4) is 0 Å². The SMILES string of the molecule is CN(C)CCn1ccc(C(=O)O)c1C1CCCCC1. The number of aromatic carboxylic acids is 1. The van der Waals surface area contributed by atoms with Gasteiger partial charge in [0.25, 0.3) is 0 Å². The molecule has 4 nitrogen and oxygen atoms in total. The van der Waals surface area contributed by atoms with Crippen molar-refractivity contribution in [2.24, 2.45) is 0 Å². The number of carboxylic acids is 1. The van der Waals surface area contributed by atoms with Crippen molar-refractivity contribution in [1.82, 2.24) is 9.47 Å². The summed E-state index contributed by atoms with van der Waals surface area (Å²) in [5.74, 6) is -0.360.